The van der Waals surface area contributed by atoms with Crippen molar-refractivity contribution in [1.82, 2.24) is 9.80 Å². The van der Waals surface area contributed by atoms with E-state index in [0.717, 1.165) is 31.7 Å². The molecule has 1 N–H and O–H groups in total. The smallest absolute Gasteiger partial charge is 0.124 e. The summed E-state index contributed by atoms with van der Waals surface area (Å²) >= 11 is 0. The van der Waals surface area contributed by atoms with E-state index >= 15 is 0 Å². The van der Waals surface area contributed by atoms with Crippen LogP contribution in [0.15, 0.2) is 18.2 Å². The van der Waals surface area contributed by atoms with Gasteiger partial charge in [0.15, 0.2) is 0 Å². The maximum atomic E-state index is 10.1. The standard InChI is InChI=1S/C16H26N2O2/c1-4-7-17-8-10-18(11-9-17)13(2)15-6-5-14(20-3)12-16(15)19/h5-6,12-13,19H,4,7-11H2,1-3H3. The van der Waals surface area contributed by atoms with E-state index in [2.05, 4.69) is 23.6 Å². The Morgan fingerprint density at radius 1 is 1.25 bits per heavy atom. The minimum atomic E-state index is 0.240. The Balaban J connectivity index is 2.00. The van der Waals surface area contributed by atoms with Crippen LogP contribution in [-0.2, 0) is 0 Å². The van der Waals surface area contributed by atoms with Crippen LogP contribution in [0, 0.1) is 0 Å². The molecule has 1 aliphatic heterocycles. The van der Waals surface area contributed by atoms with E-state index in [-0.39, 0.29) is 6.04 Å². The van der Waals surface area contributed by atoms with Gasteiger partial charge in [-0.05, 0) is 26.0 Å². The molecule has 1 unspecified atom stereocenters. The van der Waals surface area contributed by atoms with Gasteiger partial charge < -0.3 is 14.7 Å². The number of phenolic OH excluding ortho intramolecular Hbond substituents is 1. The molecule has 1 aromatic rings. The lowest BCUT2D eigenvalue weighted by molar-refractivity contribution is 0.101. The molecule has 0 amide bonds. The fourth-order valence-electron chi connectivity index (χ4n) is 2.89. The third-order valence-electron chi connectivity index (χ3n) is 4.18. The molecule has 0 radical (unpaired) electrons. The van der Waals surface area contributed by atoms with Crippen molar-refractivity contribution in [1.29, 1.82) is 0 Å². The van der Waals surface area contributed by atoms with Crippen molar-refractivity contribution >= 4 is 0 Å². The Kier molecular flexibility index (Phi) is 5.26. The number of rotatable bonds is 5. The van der Waals surface area contributed by atoms with Gasteiger partial charge >= 0.3 is 0 Å². The highest BCUT2D eigenvalue weighted by atomic mass is 16.5. The average Bonchev–Trinajstić information content (AvgIpc) is 2.47. The molecule has 4 heteroatoms. The van der Waals surface area contributed by atoms with Gasteiger partial charge in [-0.2, -0.15) is 0 Å². The summed E-state index contributed by atoms with van der Waals surface area (Å²) in [6.07, 6.45) is 1.22. The van der Waals surface area contributed by atoms with E-state index in [1.165, 1.54) is 13.0 Å². The van der Waals surface area contributed by atoms with Crippen LogP contribution in [0.3, 0.4) is 0 Å². The van der Waals surface area contributed by atoms with Gasteiger partial charge in [0, 0.05) is 43.9 Å². The number of ether oxygens (including phenoxy) is 1. The topological polar surface area (TPSA) is 35.9 Å². The number of phenols is 1. The first kappa shape index (κ1) is 15.1. The van der Waals surface area contributed by atoms with Crippen molar-refractivity contribution in [2.24, 2.45) is 0 Å². The molecule has 1 heterocycles. The summed E-state index contributed by atoms with van der Waals surface area (Å²) in [5, 5.41) is 10.1. The lowest BCUT2D eigenvalue weighted by Gasteiger charge is -2.38. The molecule has 1 fully saturated rings. The van der Waals surface area contributed by atoms with Crippen LogP contribution in [0.4, 0.5) is 0 Å². The molecule has 2 rings (SSSR count). The molecule has 0 aromatic heterocycles. The van der Waals surface area contributed by atoms with Crippen molar-refractivity contribution in [3.63, 3.8) is 0 Å². The predicted molar refractivity (Wildman–Crippen MR) is 81.4 cm³/mol. The Labute approximate surface area is 122 Å². The third-order valence-corrected chi connectivity index (χ3v) is 4.18. The van der Waals surface area contributed by atoms with E-state index in [1.807, 2.05) is 12.1 Å². The largest absolute Gasteiger partial charge is 0.507 e. The van der Waals surface area contributed by atoms with Gasteiger partial charge in [-0.1, -0.05) is 13.0 Å². The van der Waals surface area contributed by atoms with Gasteiger partial charge in [0.25, 0.3) is 0 Å². The number of hydrogen-bond acceptors (Lipinski definition) is 4. The van der Waals surface area contributed by atoms with Crippen LogP contribution >= 0.6 is 0 Å². The highest BCUT2D eigenvalue weighted by molar-refractivity contribution is 5.41. The molecule has 0 saturated carbocycles. The van der Waals surface area contributed by atoms with E-state index in [9.17, 15) is 5.11 Å². The second kappa shape index (κ2) is 6.95. The zero-order chi connectivity index (χ0) is 14.5. The fraction of sp³-hybridized carbons (Fsp3) is 0.625. The summed E-state index contributed by atoms with van der Waals surface area (Å²) in [6.45, 7) is 9.95. The van der Waals surface area contributed by atoms with Gasteiger partial charge in [-0.3, -0.25) is 4.90 Å². The Hall–Kier alpha value is -1.26. The monoisotopic (exact) mass is 278 g/mol. The van der Waals surface area contributed by atoms with Crippen molar-refractivity contribution in [2.45, 2.75) is 26.3 Å². The maximum absolute atomic E-state index is 10.1. The summed E-state index contributed by atoms with van der Waals surface area (Å²) in [6, 6.07) is 5.82. The number of piperazine rings is 1. The van der Waals surface area contributed by atoms with E-state index in [4.69, 9.17) is 4.74 Å². The Morgan fingerprint density at radius 3 is 2.50 bits per heavy atom. The number of nitrogens with zero attached hydrogens (tertiary/aromatic N) is 2. The van der Waals surface area contributed by atoms with Crippen LogP contribution in [0.5, 0.6) is 11.5 Å². The Bertz CT molecular complexity index is 428. The fourth-order valence-corrected chi connectivity index (χ4v) is 2.89. The summed E-state index contributed by atoms with van der Waals surface area (Å²) in [7, 11) is 1.62. The van der Waals surface area contributed by atoms with Crippen LogP contribution in [0.1, 0.15) is 31.9 Å². The first-order valence-electron chi connectivity index (χ1n) is 7.49. The molecule has 1 atom stereocenters. The first-order valence-corrected chi connectivity index (χ1v) is 7.49. The van der Waals surface area contributed by atoms with Crippen LogP contribution in [-0.4, -0.2) is 54.7 Å². The predicted octanol–water partition coefficient (Wildman–Crippen LogP) is 2.49. The maximum Gasteiger partial charge on any atom is 0.124 e. The highest BCUT2D eigenvalue weighted by Crippen LogP contribution is 2.31. The molecule has 1 aromatic carbocycles. The van der Waals surface area contributed by atoms with E-state index in [0.29, 0.717) is 11.5 Å². The van der Waals surface area contributed by atoms with Gasteiger partial charge in [-0.15, -0.1) is 0 Å². The van der Waals surface area contributed by atoms with Crippen molar-refractivity contribution in [3.8, 4) is 11.5 Å². The normalized spacial score (nSPS) is 18.9. The third kappa shape index (κ3) is 3.44. The minimum Gasteiger partial charge on any atom is -0.507 e. The highest BCUT2D eigenvalue weighted by Gasteiger charge is 2.23. The molecule has 4 nitrogen and oxygen atoms in total. The van der Waals surface area contributed by atoms with Gasteiger partial charge in [0.1, 0.15) is 11.5 Å². The number of methoxy groups -OCH3 is 1. The first-order chi connectivity index (χ1) is 9.65. The second-order valence-electron chi connectivity index (χ2n) is 5.48. The second-order valence-corrected chi connectivity index (χ2v) is 5.48. The van der Waals surface area contributed by atoms with Crippen molar-refractivity contribution in [2.75, 3.05) is 39.8 Å². The van der Waals surface area contributed by atoms with Crippen molar-refractivity contribution < 1.29 is 9.84 Å². The van der Waals surface area contributed by atoms with Gasteiger partial charge in [0.2, 0.25) is 0 Å². The molecular weight excluding hydrogens is 252 g/mol. The lowest BCUT2D eigenvalue weighted by atomic mass is 10.0. The van der Waals surface area contributed by atoms with Gasteiger partial charge in [0.05, 0.1) is 7.11 Å². The average molecular weight is 278 g/mol. The van der Waals surface area contributed by atoms with Crippen LogP contribution < -0.4 is 4.74 Å². The molecule has 0 aliphatic carbocycles. The quantitative estimate of drug-likeness (QED) is 0.897. The summed E-state index contributed by atoms with van der Waals surface area (Å²) in [4.78, 5) is 4.95. The summed E-state index contributed by atoms with van der Waals surface area (Å²) in [5.41, 5.74) is 0.981. The zero-order valence-electron chi connectivity index (χ0n) is 12.8. The molecular formula is C16H26N2O2. The molecule has 1 aliphatic rings. The van der Waals surface area contributed by atoms with Gasteiger partial charge in [-0.25, -0.2) is 0 Å². The molecule has 0 bridgehead atoms. The SMILES string of the molecule is CCCN1CCN(C(C)c2ccc(OC)cc2O)CC1. The van der Waals surface area contributed by atoms with Crippen LogP contribution in [0.25, 0.3) is 0 Å². The van der Waals surface area contributed by atoms with E-state index in [1.54, 1.807) is 13.2 Å². The Morgan fingerprint density at radius 2 is 1.95 bits per heavy atom. The summed E-state index contributed by atoms with van der Waals surface area (Å²) < 4.78 is 5.14. The molecule has 20 heavy (non-hydrogen) atoms. The molecule has 0 spiro atoms. The summed E-state index contributed by atoms with van der Waals surface area (Å²) in [5.74, 6) is 1.03. The lowest BCUT2D eigenvalue weighted by Crippen LogP contribution is -2.47. The zero-order valence-corrected chi connectivity index (χ0v) is 12.8. The molecule has 112 valence electrons. The van der Waals surface area contributed by atoms with E-state index < -0.39 is 0 Å². The van der Waals surface area contributed by atoms with Crippen LogP contribution in [0.2, 0.25) is 0 Å². The number of hydrogen-bond donors (Lipinski definition) is 1. The number of benzene rings is 1. The minimum absolute atomic E-state index is 0.240. The van der Waals surface area contributed by atoms with Crippen molar-refractivity contribution in [3.05, 3.63) is 23.8 Å². The molecule has 1 saturated heterocycles. The number of aromatic hydroxyl groups is 1.